The predicted molar refractivity (Wildman–Crippen MR) is 173 cm³/mol. The fraction of sp³-hybridized carbons (Fsp3) is 0.344. The van der Waals surface area contributed by atoms with E-state index in [1.165, 1.54) is 10.4 Å². The van der Waals surface area contributed by atoms with Gasteiger partial charge in [-0.15, -0.1) is 11.3 Å². The van der Waals surface area contributed by atoms with Gasteiger partial charge >= 0.3 is 5.97 Å². The molecule has 0 radical (unpaired) electrons. The number of nitrogens with zero attached hydrogens (tertiary/aromatic N) is 3. The van der Waals surface area contributed by atoms with Crippen LogP contribution in [-0.2, 0) is 27.2 Å². The van der Waals surface area contributed by atoms with Crippen LogP contribution in [0.25, 0.3) is 5.00 Å². The molecule has 3 heterocycles. The number of aryl methyl sites for hydroxylation is 2. The zero-order chi connectivity index (χ0) is 31.4. The molecule has 0 unspecified atom stereocenters. The van der Waals surface area contributed by atoms with Gasteiger partial charge in [0.15, 0.2) is 11.7 Å². The van der Waals surface area contributed by atoms with Crippen molar-refractivity contribution in [3.63, 3.8) is 0 Å². The molecule has 1 aliphatic heterocycles. The third-order valence-corrected chi connectivity index (χ3v) is 9.18. The summed E-state index contributed by atoms with van der Waals surface area (Å²) in [7, 11) is 0. The lowest BCUT2D eigenvalue weighted by atomic mass is 9.95. The molecule has 10 nitrogen and oxygen atoms in total. The molecule has 12 heteroatoms. The highest BCUT2D eigenvalue weighted by Crippen LogP contribution is 2.38. The molecule has 3 N–H and O–H groups in total. The van der Waals surface area contributed by atoms with Crippen molar-refractivity contribution in [1.82, 2.24) is 20.6 Å². The summed E-state index contributed by atoms with van der Waals surface area (Å²) in [5.41, 5.74) is 8.86. The Labute approximate surface area is 265 Å². The van der Waals surface area contributed by atoms with Gasteiger partial charge in [0.2, 0.25) is 0 Å². The molecule has 1 atom stereocenters. The van der Waals surface area contributed by atoms with Gasteiger partial charge in [0.25, 0.3) is 5.91 Å². The first kappa shape index (κ1) is 31.0. The van der Waals surface area contributed by atoms with Gasteiger partial charge in [0, 0.05) is 33.1 Å². The van der Waals surface area contributed by atoms with Crippen LogP contribution in [0.1, 0.15) is 71.2 Å². The minimum absolute atomic E-state index is 0.228. The van der Waals surface area contributed by atoms with Crippen LogP contribution in [0.5, 0.6) is 5.75 Å². The molecule has 0 saturated carbocycles. The first-order chi connectivity index (χ1) is 21.2. The quantitative estimate of drug-likeness (QED) is 0.133. The van der Waals surface area contributed by atoms with Gasteiger partial charge in [-0.25, -0.2) is 10.2 Å². The molecule has 2 aromatic heterocycles. The van der Waals surface area contributed by atoms with Gasteiger partial charge < -0.3 is 24.7 Å². The SMILES string of the molecule is CCOC(=O)C1=C(C)NC(=S)N[C@H]1c1ccccc1OCC(=O)NN=Cc1cc(C)n(-c2sc3c(c2C#N)CCCC3)c1C. The molecule has 228 valence electrons. The Morgan fingerprint density at radius 1 is 1.25 bits per heavy atom. The van der Waals surface area contributed by atoms with E-state index in [4.69, 9.17) is 21.7 Å². The molecule has 2 aliphatic rings. The van der Waals surface area contributed by atoms with Gasteiger partial charge in [-0.05, 0) is 83.3 Å². The largest absolute Gasteiger partial charge is 0.483 e. The van der Waals surface area contributed by atoms with Crippen molar-refractivity contribution in [2.45, 2.75) is 59.4 Å². The van der Waals surface area contributed by atoms with Crippen molar-refractivity contribution in [3.05, 3.63) is 80.1 Å². The number of aromatic nitrogens is 1. The Hall–Kier alpha value is -4.47. The zero-order valence-electron chi connectivity index (χ0n) is 25.1. The lowest BCUT2D eigenvalue weighted by Crippen LogP contribution is -2.45. The number of amides is 1. The maximum Gasteiger partial charge on any atom is 0.338 e. The minimum Gasteiger partial charge on any atom is -0.483 e. The number of carbonyl (C=O) groups is 2. The first-order valence-corrected chi connectivity index (χ1v) is 15.7. The number of allylic oxidation sites excluding steroid dienone is 1. The van der Waals surface area contributed by atoms with E-state index in [0.29, 0.717) is 27.7 Å². The van der Waals surface area contributed by atoms with Gasteiger partial charge in [-0.3, -0.25) is 4.79 Å². The highest BCUT2D eigenvalue weighted by atomic mass is 32.1. The summed E-state index contributed by atoms with van der Waals surface area (Å²) in [6.45, 7) is 7.42. The summed E-state index contributed by atoms with van der Waals surface area (Å²) in [6.07, 6.45) is 5.84. The molecule has 1 amide bonds. The van der Waals surface area contributed by atoms with Gasteiger partial charge in [-0.2, -0.15) is 10.4 Å². The van der Waals surface area contributed by atoms with E-state index in [1.807, 2.05) is 26.0 Å². The Balaban J connectivity index is 1.28. The average Bonchev–Trinajstić information content (AvgIpc) is 3.50. The zero-order valence-corrected chi connectivity index (χ0v) is 26.7. The van der Waals surface area contributed by atoms with Crippen LogP contribution in [-0.4, -0.2) is 41.0 Å². The molecular weight excluding hydrogens is 597 g/mol. The van der Waals surface area contributed by atoms with E-state index in [9.17, 15) is 14.9 Å². The van der Waals surface area contributed by atoms with Crippen LogP contribution in [0.3, 0.4) is 0 Å². The average molecular weight is 631 g/mol. The van der Waals surface area contributed by atoms with Crippen LogP contribution in [0.15, 0.2) is 46.7 Å². The number of hydrazone groups is 1. The third kappa shape index (κ3) is 6.25. The Bertz CT molecular complexity index is 1730. The second kappa shape index (κ2) is 13.4. The van der Waals surface area contributed by atoms with E-state index >= 15 is 0 Å². The third-order valence-electron chi connectivity index (χ3n) is 7.68. The first-order valence-electron chi connectivity index (χ1n) is 14.5. The van der Waals surface area contributed by atoms with Crippen molar-refractivity contribution >= 4 is 46.8 Å². The lowest BCUT2D eigenvalue weighted by molar-refractivity contribution is -0.139. The van der Waals surface area contributed by atoms with Crippen molar-refractivity contribution < 1.29 is 19.1 Å². The number of ether oxygens (including phenoxy) is 2. The fourth-order valence-corrected chi connectivity index (χ4v) is 7.38. The van der Waals surface area contributed by atoms with Gasteiger partial charge in [-0.1, -0.05) is 18.2 Å². The molecule has 1 aliphatic carbocycles. The summed E-state index contributed by atoms with van der Waals surface area (Å²) in [6, 6.07) is 10.9. The number of thiophene rings is 1. The number of nitriles is 1. The molecule has 1 aromatic carbocycles. The van der Waals surface area contributed by atoms with Crippen LogP contribution in [0.2, 0.25) is 0 Å². The van der Waals surface area contributed by atoms with Gasteiger partial charge in [0.1, 0.15) is 16.8 Å². The number of para-hydroxylation sites is 1. The number of hydrogen-bond acceptors (Lipinski definition) is 8. The van der Waals surface area contributed by atoms with E-state index in [2.05, 4.69) is 31.8 Å². The number of nitrogens with one attached hydrogen (secondary N) is 3. The smallest absolute Gasteiger partial charge is 0.338 e. The lowest BCUT2D eigenvalue weighted by Gasteiger charge is -2.30. The molecule has 3 aromatic rings. The Morgan fingerprint density at radius 2 is 2.02 bits per heavy atom. The second-order valence-corrected chi connectivity index (χ2v) is 12.1. The van der Waals surface area contributed by atoms with Crippen LogP contribution in [0, 0.1) is 25.2 Å². The van der Waals surface area contributed by atoms with E-state index in [-0.39, 0.29) is 13.2 Å². The minimum atomic E-state index is -0.620. The molecule has 5 rings (SSSR count). The maximum absolute atomic E-state index is 12.8. The second-order valence-electron chi connectivity index (χ2n) is 10.6. The molecule has 44 heavy (non-hydrogen) atoms. The monoisotopic (exact) mass is 630 g/mol. The highest BCUT2D eigenvalue weighted by Gasteiger charge is 2.32. The molecular formula is C32H34N6O4S2. The number of carbonyl (C=O) groups excluding carboxylic acids is 2. The van der Waals surface area contributed by atoms with E-state index < -0.39 is 17.9 Å². The highest BCUT2D eigenvalue weighted by molar-refractivity contribution is 7.80. The topological polar surface area (TPSA) is 130 Å². The van der Waals surface area contributed by atoms with E-state index in [0.717, 1.165) is 53.2 Å². The molecule has 0 bridgehead atoms. The standard InChI is InChI=1S/C32H34N6O4S2/c1-5-41-31(40)28-19(3)35-32(43)36-29(28)23-11-6-8-12-25(23)42-17-27(39)37-34-16-21-14-18(2)38(20(21)4)30-24(15-33)22-10-7-9-13-26(22)44-30/h6,8,11-12,14,16,29H,5,7,9-10,13,17H2,1-4H3,(H,37,39)(H2,35,36,43)/t29-/m0/s1. The molecule has 0 fully saturated rings. The summed E-state index contributed by atoms with van der Waals surface area (Å²) in [5, 5.41) is 21.5. The summed E-state index contributed by atoms with van der Waals surface area (Å²) in [4.78, 5) is 26.8. The number of rotatable bonds is 9. The van der Waals surface area contributed by atoms with E-state index in [1.54, 1.807) is 49.6 Å². The fourth-order valence-electron chi connectivity index (χ4n) is 5.66. The molecule has 0 spiro atoms. The van der Waals surface area contributed by atoms with Crippen molar-refractivity contribution in [1.29, 1.82) is 5.26 Å². The maximum atomic E-state index is 12.8. The number of fused-ring (bicyclic) bond motifs is 1. The number of esters is 1. The van der Waals surface area contributed by atoms with Crippen LogP contribution in [0.4, 0.5) is 0 Å². The normalized spacial score (nSPS) is 16.2. The van der Waals surface area contributed by atoms with Crippen LogP contribution >= 0.6 is 23.6 Å². The summed E-state index contributed by atoms with van der Waals surface area (Å²) in [5.74, 6) is -0.506. The molecule has 0 saturated heterocycles. The Morgan fingerprint density at radius 3 is 2.80 bits per heavy atom. The summed E-state index contributed by atoms with van der Waals surface area (Å²) < 4.78 is 13.3. The van der Waals surface area contributed by atoms with Crippen LogP contribution < -0.4 is 20.8 Å². The number of benzene rings is 1. The number of hydrogen-bond donors (Lipinski definition) is 3. The van der Waals surface area contributed by atoms with Crippen molar-refractivity contribution in [2.24, 2.45) is 5.10 Å². The van der Waals surface area contributed by atoms with Gasteiger partial charge in [0.05, 0.1) is 30.0 Å². The van der Waals surface area contributed by atoms with Crippen molar-refractivity contribution in [3.8, 4) is 16.8 Å². The van der Waals surface area contributed by atoms with Crippen molar-refractivity contribution in [2.75, 3.05) is 13.2 Å². The predicted octanol–water partition coefficient (Wildman–Crippen LogP) is 4.79. The number of thiocarbonyl (C=S) groups is 1. The summed E-state index contributed by atoms with van der Waals surface area (Å²) >= 11 is 7.03. The Kier molecular flexibility index (Phi) is 9.46.